The highest BCUT2D eigenvalue weighted by Crippen LogP contribution is 2.42. The molecule has 3 heterocycles. The molecule has 8 aromatic carbocycles. The first kappa shape index (κ1) is 29.1. The van der Waals surface area contributed by atoms with Crippen LogP contribution in [-0.2, 0) is 0 Å². The number of anilines is 3. The van der Waals surface area contributed by atoms with E-state index in [1.165, 1.54) is 31.7 Å². The molecule has 11 rings (SSSR count). The van der Waals surface area contributed by atoms with E-state index in [0.29, 0.717) is 0 Å². The summed E-state index contributed by atoms with van der Waals surface area (Å²) in [5.41, 5.74) is 9.28. The second-order valence-electron chi connectivity index (χ2n) is 13.4. The average Bonchev–Trinajstić information content (AvgIpc) is 3.92. The number of rotatable bonds is 5. The van der Waals surface area contributed by atoms with Crippen molar-refractivity contribution in [1.29, 1.82) is 0 Å². The summed E-state index contributed by atoms with van der Waals surface area (Å²) in [6.07, 6.45) is 0. The Balaban J connectivity index is 1.05. The minimum Gasteiger partial charge on any atom is -0.456 e. The monoisotopic (exact) mass is 683 g/mol. The molecule has 11 aromatic rings. The first-order valence-electron chi connectivity index (χ1n) is 17.5. The smallest absolute Gasteiger partial charge is 0.136 e. The van der Waals surface area contributed by atoms with Gasteiger partial charge in [-0.25, -0.2) is 0 Å². The van der Waals surface area contributed by atoms with Crippen molar-refractivity contribution in [2.24, 2.45) is 0 Å². The van der Waals surface area contributed by atoms with Crippen molar-refractivity contribution in [1.82, 2.24) is 0 Å². The van der Waals surface area contributed by atoms with Crippen LogP contribution in [0, 0.1) is 0 Å². The molecule has 0 bridgehead atoms. The van der Waals surface area contributed by atoms with E-state index < -0.39 is 0 Å². The molecule has 0 spiro atoms. The molecule has 0 unspecified atom stereocenters. The zero-order valence-electron chi connectivity index (χ0n) is 27.9. The summed E-state index contributed by atoms with van der Waals surface area (Å²) in [5.74, 6) is 0. The lowest BCUT2D eigenvalue weighted by Crippen LogP contribution is -2.09. The van der Waals surface area contributed by atoms with Gasteiger partial charge in [0.1, 0.15) is 22.3 Å². The molecule has 0 saturated heterocycles. The summed E-state index contributed by atoms with van der Waals surface area (Å²) in [6.45, 7) is 0. The third-order valence-corrected chi connectivity index (χ3v) is 11.4. The Bertz CT molecular complexity index is 2980. The zero-order chi connectivity index (χ0) is 34.2. The van der Waals surface area contributed by atoms with Crippen molar-refractivity contribution >= 4 is 93.8 Å². The van der Waals surface area contributed by atoms with Crippen LogP contribution in [0.25, 0.3) is 86.3 Å². The van der Waals surface area contributed by atoms with Gasteiger partial charge < -0.3 is 13.7 Å². The van der Waals surface area contributed by atoms with E-state index in [9.17, 15) is 0 Å². The molecule has 0 aliphatic carbocycles. The van der Waals surface area contributed by atoms with E-state index in [1.54, 1.807) is 0 Å². The van der Waals surface area contributed by atoms with E-state index in [-0.39, 0.29) is 0 Å². The largest absolute Gasteiger partial charge is 0.456 e. The summed E-state index contributed by atoms with van der Waals surface area (Å²) in [4.78, 5) is 4.86. The Kier molecular flexibility index (Phi) is 6.42. The van der Waals surface area contributed by atoms with Crippen LogP contribution in [-0.4, -0.2) is 0 Å². The molecule has 0 fully saturated rings. The molecule has 0 aliphatic rings. The summed E-state index contributed by atoms with van der Waals surface area (Å²) in [5, 5.41) is 9.16. The van der Waals surface area contributed by atoms with Crippen LogP contribution >= 0.6 is 11.3 Å². The number of nitrogens with zero attached hydrogens (tertiary/aromatic N) is 1. The van der Waals surface area contributed by atoms with E-state index in [0.717, 1.165) is 71.7 Å². The van der Waals surface area contributed by atoms with Gasteiger partial charge in [-0.15, -0.1) is 11.3 Å². The van der Waals surface area contributed by atoms with Crippen LogP contribution in [0.1, 0.15) is 0 Å². The Morgan fingerprint density at radius 1 is 0.327 bits per heavy atom. The van der Waals surface area contributed by atoms with Crippen LogP contribution in [0.2, 0.25) is 0 Å². The van der Waals surface area contributed by atoms with Crippen molar-refractivity contribution in [2.45, 2.75) is 0 Å². The third kappa shape index (κ3) is 4.73. The van der Waals surface area contributed by atoms with Crippen LogP contribution in [0.4, 0.5) is 17.1 Å². The highest BCUT2D eigenvalue weighted by molar-refractivity contribution is 7.18. The average molecular weight is 684 g/mol. The van der Waals surface area contributed by atoms with Crippen LogP contribution in [0.15, 0.2) is 185 Å². The van der Waals surface area contributed by atoms with Gasteiger partial charge in [0, 0.05) is 48.4 Å². The van der Waals surface area contributed by atoms with Crippen LogP contribution in [0.5, 0.6) is 0 Å². The fourth-order valence-electron chi connectivity index (χ4n) is 7.66. The lowest BCUT2D eigenvalue weighted by Gasteiger charge is -2.26. The van der Waals surface area contributed by atoms with Gasteiger partial charge in [-0.2, -0.15) is 0 Å². The molecule has 0 amide bonds. The predicted octanol–water partition coefficient (Wildman–Crippen LogP) is 14.7. The lowest BCUT2D eigenvalue weighted by atomic mass is 10.0. The summed E-state index contributed by atoms with van der Waals surface area (Å²) in [6, 6.07) is 62.8. The lowest BCUT2D eigenvalue weighted by molar-refractivity contribution is 0.669. The second-order valence-corrected chi connectivity index (χ2v) is 14.5. The van der Waals surface area contributed by atoms with Gasteiger partial charge >= 0.3 is 0 Å². The molecule has 52 heavy (non-hydrogen) atoms. The molecular formula is C48H29NO2S. The SMILES string of the molecule is c1ccc(-c2ccc(-c3ccc(N(c4ccc5cc6c(cc5c4)oc4ccccc46)c4ccc5cc6c(cc5c4)oc4ccccc46)cc3)s2)cc1. The predicted molar refractivity (Wildman–Crippen MR) is 219 cm³/mol. The van der Waals surface area contributed by atoms with Gasteiger partial charge in [0.2, 0.25) is 0 Å². The fourth-order valence-corrected chi connectivity index (χ4v) is 8.68. The van der Waals surface area contributed by atoms with Gasteiger partial charge in [0.05, 0.1) is 0 Å². The summed E-state index contributed by atoms with van der Waals surface area (Å²) in [7, 11) is 0. The topological polar surface area (TPSA) is 29.5 Å². The Morgan fingerprint density at radius 3 is 1.37 bits per heavy atom. The zero-order valence-corrected chi connectivity index (χ0v) is 28.7. The number of thiophene rings is 1. The van der Waals surface area contributed by atoms with Gasteiger partial charge in [-0.05, 0) is 118 Å². The quantitative estimate of drug-likeness (QED) is 0.181. The highest BCUT2D eigenvalue weighted by Gasteiger charge is 2.17. The number of hydrogen-bond acceptors (Lipinski definition) is 4. The minimum absolute atomic E-state index is 0.896. The van der Waals surface area contributed by atoms with Crippen molar-refractivity contribution in [3.63, 3.8) is 0 Å². The molecular weight excluding hydrogens is 655 g/mol. The van der Waals surface area contributed by atoms with Gasteiger partial charge in [0.15, 0.2) is 0 Å². The number of hydrogen-bond donors (Lipinski definition) is 0. The van der Waals surface area contributed by atoms with Gasteiger partial charge in [-0.1, -0.05) is 91.0 Å². The van der Waals surface area contributed by atoms with Crippen molar-refractivity contribution in [3.05, 3.63) is 176 Å². The highest BCUT2D eigenvalue weighted by atomic mass is 32.1. The number of benzene rings is 8. The van der Waals surface area contributed by atoms with Gasteiger partial charge in [-0.3, -0.25) is 0 Å². The first-order valence-corrected chi connectivity index (χ1v) is 18.3. The Hall–Kier alpha value is -6.62. The molecule has 244 valence electrons. The Labute approximate surface area is 303 Å². The van der Waals surface area contributed by atoms with E-state index >= 15 is 0 Å². The van der Waals surface area contributed by atoms with Crippen LogP contribution < -0.4 is 4.90 Å². The number of furan rings is 2. The molecule has 3 nitrogen and oxygen atoms in total. The molecule has 4 heteroatoms. The second kappa shape index (κ2) is 11.5. The van der Waals surface area contributed by atoms with Crippen molar-refractivity contribution in [2.75, 3.05) is 4.90 Å². The molecule has 0 saturated carbocycles. The fraction of sp³-hybridized carbons (Fsp3) is 0. The molecule has 0 radical (unpaired) electrons. The third-order valence-electron chi connectivity index (χ3n) is 10.2. The maximum absolute atomic E-state index is 6.30. The van der Waals surface area contributed by atoms with Crippen LogP contribution in [0.3, 0.4) is 0 Å². The number of fused-ring (bicyclic) bond motifs is 8. The molecule has 3 aromatic heterocycles. The molecule has 0 N–H and O–H groups in total. The number of para-hydroxylation sites is 2. The van der Waals surface area contributed by atoms with E-state index in [1.807, 2.05) is 35.6 Å². The Morgan fingerprint density at radius 2 is 0.808 bits per heavy atom. The standard InChI is InChI=1S/C48H29NO2S/c1-2-8-30(9-3-1)47-22-23-48(52-47)31-14-18-36(19-15-31)49(37-20-16-32-26-41-39-10-4-6-12-43(39)50-45(41)28-34(32)24-37)38-21-17-33-27-42-40-11-5-7-13-44(40)51-46(42)29-35(33)25-38/h1-29H. The minimum atomic E-state index is 0.896. The van der Waals surface area contributed by atoms with E-state index in [2.05, 4.69) is 157 Å². The maximum atomic E-state index is 6.30. The van der Waals surface area contributed by atoms with E-state index in [4.69, 9.17) is 8.83 Å². The summed E-state index contributed by atoms with van der Waals surface area (Å²) < 4.78 is 12.6. The molecule has 0 atom stereocenters. The normalized spacial score (nSPS) is 11.8. The maximum Gasteiger partial charge on any atom is 0.136 e. The van der Waals surface area contributed by atoms with Crippen molar-refractivity contribution < 1.29 is 8.83 Å². The summed E-state index contributed by atoms with van der Waals surface area (Å²) >= 11 is 1.82. The first-order chi connectivity index (χ1) is 25.7. The van der Waals surface area contributed by atoms with Gasteiger partial charge in [0.25, 0.3) is 0 Å². The molecule has 0 aliphatic heterocycles. The van der Waals surface area contributed by atoms with Crippen molar-refractivity contribution in [3.8, 4) is 20.9 Å².